The lowest BCUT2D eigenvalue weighted by Gasteiger charge is -2.11. The summed E-state index contributed by atoms with van der Waals surface area (Å²) in [6, 6.07) is 14.6. The van der Waals surface area contributed by atoms with Gasteiger partial charge in [-0.3, -0.25) is 0 Å². The summed E-state index contributed by atoms with van der Waals surface area (Å²) in [5.41, 5.74) is 12.9. The number of hydrogen-bond acceptors (Lipinski definition) is 5. The number of thiazole rings is 1. The topological polar surface area (TPSA) is 51.8 Å². The van der Waals surface area contributed by atoms with Crippen LogP contribution in [-0.2, 0) is 0 Å². The molecule has 25 heavy (non-hydrogen) atoms. The number of rotatable bonds is 4. The van der Waals surface area contributed by atoms with Crippen LogP contribution in [0.5, 0.6) is 0 Å². The minimum atomic E-state index is 0.593. The molecule has 126 valence electrons. The number of pyridine rings is 1. The van der Waals surface area contributed by atoms with Crippen molar-refractivity contribution in [2.45, 2.75) is 30.4 Å². The highest BCUT2D eigenvalue weighted by Crippen LogP contribution is 2.33. The minimum absolute atomic E-state index is 0.593. The zero-order chi connectivity index (χ0) is 17.4. The van der Waals surface area contributed by atoms with Crippen molar-refractivity contribution in [2.24, 2.45) is 0 Å². The third-order valence-electron chi connectivity index (χ3n) is 4.35. The summed E-state index contributed by atoms with van der Waals surface area (Å²) in [5.74, 6) is 0. The van der Waals surface area contributed by atoms with E-state index in [1.165, 1.54) is 9.60 Å². The monoisotopic (exact) mass is 365 g/mol. The number of aromatic nitrogens is 2. The molecule has 0 aliphatic rings. The zero-order valence-electron chi connectivity index (χ0n) is 14.2. The number of nitrogens with zero attached hydrogens (tertiary/aromatic N) is 2. The second-order valence-electron chi connectivity index (χ2n) is 6.15. The predicted octanol–water partition coefficient (Wildman–Crippen LogP) is 5.98. The first kappa shape index (κ1) is 16.4. The van der Waals surface area contributed by atoms with Gasteiger partial charge < -0.3 is 5.73 Å². The lowest BCUT2D eigenvalue weighted by molar-refractivity contribution is 0.906. The van der Waals surface area contributed by atoms with Gasteiger partial charge in [0.25, 0.3) is 0 Å². The molecule has 5 heteroatoms. The van der Waals surface area contributed by atoms with Crippen molar-refractivity contribution in [3.63, 3.8) is 0 Å². The van der Waals surface area contributed by atoms with Crippen molar-refractivity contribution < 1.29 is 0 Å². The Balaban J connectivity index is 1.77. The molecule has 0 spiro atoms. The van der Waals surface area contributed by atoms with Crippen molar-refractivity contribution in [1.29, 1.82) is 0 Å². The molecule has 2 aromatic heterocycles. The number of thioether (sulfide) groups is 1. The Morgan fingerprint density at radius 1 is 1.12 bits per heavy atom. The van der Waals surface area contributed by atoms with Crippen LogP contribution in [0.1, 0.15) is 20.3 Å². The van der Waals surface area contributed by atoms with E-state index in [0.717, 1.165) is 39.8 Å². The first-order chi connectivity index (χ1) is 12.1. The van der Waals surface area contributed by atoms with Gasteiger partial charge in [-0.25, -0.2) is 9.97 Å². The Morgan fingerprint density at radius 3 is 2.84 bits per heavy atom. The Labute approximate surface area is 155 Å². The molecular formula is C20H19N3S2. The molecule has 0 aliphatic carbocycles. The number of fused-ring (bicyclic) bond motifs is 2. The number of nitrogen functional groups attached to an aromatic ring is 1. The van der Waals surface area contributed by atoms with Crippen LogP contribution >= 0.6 is 23.1 Å². The molecule has 2 heterocycles. The first-order valence-corrected chi connectivity index (χ1v) is 10.1. The molecule has 0 fully saturated rings. The number of anilines is 1. The highest BCUT2D eigenvalue weighted by molar-refractivity contribution is 8.00. The van der Waals surface area contributed by atoms with E-state index >= 15 is 0 Å². The Kier molecular flexibility index (Phi) is 4.36. The quantitative estimate of drug-likeness (QED) is 0.452. The molecule has 2 N–H and O–H groups in total. The summed E-state index contributed by atoms with van der Waals surface area (Å²) in [6.45, 7) is 4.45. The summed E-state index contributed by atoms with van der Waals surface area (Å²) in [6.07, 6.45) is 1.15. The standard InChI is InChI=1S/C20H19N3S2/c1-3-12(2)25-14-5-6-17-15(9-14)16(21)10-18(23-17)13-4-7-20-19(8-13)22-11-24-20/h4-12H,3H2,1-2H3,(H2,21,23). The van der Waals surface area contributed by atoms with Crippen LogP contribution in [0.15, 0.2) is 52.9 Å². The van der Waals surface area contributed by atoms with Gasteiger partial charge >= 0.3 is 0 Å². The first-order valence-electron chi connectivity index (χ1n) is 8.34. The van der Waals surface area contributed by atoms with Crippen LogP contribution in [0.25, 0.3) is 32.4 Å². The van der Waals surface area contributed by atoms with Crippen LogP contribution in [0, 0.1) is 0 Å². The third kappa shape index (κ3) is 3.22. The molecule has 0 saturated carbocycles. The largest absolute Gasteiger partial charge is 0.398 e. The average Bonchev–Trinajstić information content (AvgIpc) is 3.09. The molecule has 0 aliphatic heterocycles. The van der Waals surface area contributed by atoms with Crippen LogP contribution in [0.4, 0.5) is 5.69 Å². The molecule has 0 radical (unpaired) electrons. The van der Waals surface area contributed by atoms with Crippen LogP contribution < -0.4 is 5.73 Å². The Morgan fingerprint density at radius 2 is 2.00 bits per heavy atom. The van der Waals surface area contributed by atoms with Gasteiger partial charge in [0, 0.05) is 26.8 Å². The zero-order valence-corrected chi connectivity index (χ0v) is 15.8. The molecule has 2 aromatic carbocycles. The van der Waals surface area contributed by atoms with E-state index in [9.17, 15) is 0 Å². The van der Waals surface area contributed by atoms with Gasteiger partial charge in [0.15, 0.2) is 0 Å². The van der Waals surface area contributed by atoms with Crippen LogP contribution in [0.3, 0.4) is 0 Å². The van der Waals surface area contributed by atoms with Crippen molar-refractivity contribution in [2.75, 3.05) is 5.73 Å². The van der Waals surface area contributed by atoms with Crippen molar-refractivity contribution in [3.8, 4) is 11.3 Å². The number of hydrogen-bond donors (Lipinski definition) is 1. The Hall–Kier alpha value is -2.11. The van der Waals surface area contributed by atoms with E-state index in [0.29, 0.717) is 5.25 Å². The predicted molar refractivity (Wildman–Crippen MR) is 110 cm³/mol. The molecule has 0 amide bonds. The van der Waals surface area contributed by atoms with Crippen LogP contribution in [0.2, 0.25) is 0 Å². The molecule has 3 nitrogen and oxygen atoms in total. The summed E-state index contributed by atoms with van der Waals surface area (Å²) >= 11 is 3.53. The molecule has 0 bridgehead atoms. The van der Waals surface area contributed by atoms with E-state index in [1.807, 2.05) is 23.3 Å². The summed E-state index contributed by atoms with van der Waals surface area (Å²) in [4.78, 5) is 10.5. The number of benzene rings is 2. The Bertz CT molecular complexity index is 1060. The van der Waals surface area contributed by atoms with Crippen molar-refractivity contribution in [1.82, 2.24) is 9.97 Å². The maximum atomic E-state index is 6.36. The second kappa shape index (κ2) is 6.65. The summed E-state index contributed by atoms with van der Waals surface area (Å²) in [5, 5.41) is 1.61. The van der Waals surface area contributed by atoms with Gasteiger partial charge in [-0.15, -0.1) is 23.1 Å². The van der Waals surface area contributed by atoms with Crippen LogP contribution in [-0.4, -0.2) is 15.2 Å². The maximum Gasteiger partial charge on any atom is 0.0818 e. The highest BCUT2D eigenvalue weighted by Gasteiger charge is 2.09. The lowest BCUT2D eigenvalue weighted by Crippen LogP contribution is -1.95. The molecule has 0 saturated heterocycles. The van der Waals surface area contributed by atoms with E-state index in [2.05, 4.69) is 55.2 Å². The van der Waals surface area contributed by atoms with Gasteiger partial charge in [-0.1, -0.05) is 19.9 Å². The maximum absolute atomic E-state index is 6.36. The van der Waals surface area contributed by atoms with E-state index in [4.69, 9.17) is 10.7 Å². The third-order valence-corrected chi connectivity index (χ3v) is 6.42. The van der Waals surface area contributed by atoms with Gasteiger partial charge in [-0.05, 0) is 42.8 Å². The molecule has 1 atom stereocenters. The smallest absolute Gasteiger partial charge is 0.0818 e. The molecule has 4 aromatic rings. The summed E-state index contributed by atoms with van der Waals surface area (Å²) in [7, 11) is 0. The van der Waals surface area contributed by atoms with E-state index < -0.39 is 0 Å². The fourth-order valence-corrected chi connectivity index (χ4v) is 4.41. The van der Waals surface area contributed by atoms with Gasteiger partial charge in [-0.2, -0.15) is 0 Å². The fourth-order valence-electron chi connectivity index (χ4n) is 2.78. The minimum Gasteiger partial charge on any atom is -0.398 e. The van der Waals surface area contributed by atoms with E-state index in [1.54, 1.807) is 11.3 Å². The highest BCUT2D eigenvalue weighted by atomic mass is 32.2. The van der Waals surface area contributed by atoms with Gasteiger partial charge in [0.1, 0.15) is 0 Å². The summed E-state index contributed by atoms with van der Waals surface area (Å²) < 4.78 is 1.18. The van der Waals surface area contributed by atoms with Crippen molar-refractivity contribution >= 4 is 49.9 Å². The molecule has 4 rings (SSSR count). The van der Waals surface area contributed by atoms with Gasteiger partial charge in [0.2, 0.25) is 0 Å². The van der Waals surface area contributed by atoms with E-state index in [-0.39, 0.29) is 0 Å². The van der Waals surface area contributed by atoms with Crippen molar-refractivity contribution in [3.05, 3.63) is 48.0 Å². The normalized spacial score (nSPS) is 12.7. The average molecular weight is 366 g/mol. The number of nitrogens with two attached hydrogens (primary N) is 1. The lowest BCUT2D eigenvalue weighted by atomic mass is 10.1. The SMILES string of the molecule is CCC(C)Sc1ccc2nc(-c3ccc4scnc4c3)cc(N)c2c1. The molecule has 1 unspecified atom stereocenters. The fraction of sp³-hybridized carbons (Fsp3) is 0.200. The van der Waals surface area contributed by atoms with Gasteiger partial charge in [0.05, 0.1) is 26.9 Å². The second-order valence-corrected chi connectivity index (χ2v) is 8.55. The molecular weight excluding hydrogens is 346 g/mol.